The second-order valence-electron chi connectivity index (χ2n) is 1.51. The van der Waals surface area contributed by atoms with Gasteiger partial charge in [0.1, 0.15) is 0 Å². The van der Waals surface area contributed by atoms with Crippen LogP contribution in [-0.2, 0) is 4.79 Å². The van der Waals surface area contributed by atoms with E-state index in [1.807, 2.05) is 0 Å². The molecule has 1 unspecified atom stereocenters. The van der Waals surface area contributed by atoms with Crippen molar-refractivity contribution in [3.8, 4) is 6.07 Å². The van der Waals surface area contributed by atoms with Crippen molar-refractivity contribution in [2.75, 3.05) is 0 Å². The molecule has 0 saturated heterocycles. The number of carbonyl (C=O) groups is 1. The third kappa shape index (κ3) is 1.90. The minimum absolute atomic E-state index is 0.410. The number of rotatable bonds is 1. The van der Waals surface area contributed by atoms with E-state index in [4.69, 9.17) is 11.0 Å². The first kappa shape index (κ1) is 6.12. The highest BCUT2D eigenvalue weighted by Crippen LogP contribution is 1.86. The van der Waals surface area contributed by atoms with Gasteiger partial charge in [-0.05, 0) is 6.92 Å². The average molecular weight is 98.1 g/mol. The summed E-state index contributed by atoms with van der Waals surface area (Å²) in [5.41, 5.74) is 3.69. The maximum atomic E-state index is 9.71. The zero-order valence-corrected chi connectivity index (χ0v) is 4.01. The first-order valence-electron chi connectivity index (χ1n) is 1.79. The largest absolute Gasteiger partial charge is 0.308 e. The Hall–Kier alpha value is -0.880. The molecular weight excluding hydrogens is 92.1 g/mol. The summed E-state index contributed by atoms with van der Waals surface area (Å²) in [5, 5.41) is 7.99. The van der Waals surface area contributed by atoms with Crippen LogP contribution < -0.4 is 5.73 Å². The Morgan fingerprint density at radius 3 is 2.43 bits per heavy atom. The van der Waals surface area contributed by atoms with Crippen molar-refractivity contribution in [1.82, 2.24) is 0 Å². The number of hydrogen-bond acceptors (Lipinski definition) is 3. The summed E-state index contributed by atoms with van der Waals surface area (Å²) in [7, 11) is 0. The maximum absolute atomic E-state index is 9.71. The number of nitriles is 1. The molecule has 0 radical (unpaired) electrons. The molecule has 0 bridgehead atoms. The number of nitrogens with two attached hydrogens (primary N) is 1. The van der Waals surface area contributed by atoms with E-state index in [2.05, 4.69) is 0 Å². The summed E-state index contributed by atoms with van der Waals surface area (Å²) >= 11 is 0. The van der Waals surface area contributed by atoms with E-state index in [-0.39, 0.29) is 0 Å². The third-order valence-corrected chi connectivity index (χ3v) is 0.486. The van der Waals surface area contributed by atoms with Crippen LogP contribution in [0.15, 0.2) is 0 Å². The summed E-state index contributed by atoms with van der Waals surface area (Å²) in [6.07, 6.45) is 0.410. The first-order chi connectivity index (χ1) is 3.12. The SMILES string of the molecule is CC(N)(C#N)C=O. The zero-order chi connectivity index (χ0) is 5.91. The van der Waals surface area contributed by atoms with Gasteiger partial charge in [-0.2, -0.15) is 5.26 Å². The second kappa shape index (κ2) is 1.71. The molecule has 3 nitrogen and oxygen atoms in total. The number of hydrogen-bond donors (Lipinski definition) is 1. The van der Waals surface area contributed by atoms with Crippen molar-refractivity contribution in [3.05, 3.63) is 0 Å². The van der Waals surface area contributed by atoms with Gasteiger partial charge >= 0.3 is 0 Å². The van der Waals surface area contributed by atoms with E-state index in [1.54, 1.807) is 6.07 Å². The highest BCUT2D eigenvalue weighted by molar-refractivity contribution is 5.67. The lowest BCUT2D eigenvalue weighted by Crippen LogP contribution is -2.35. The fourth-order valence-corrected chi connectivity index (χ4v) is 0.0264. The van der Waals surface area contributed by atoms with Gasteiger partial charge in [0.25, 0.3) is 0 Å². The summed E-state index contributed by atoms with van der Waals surface area (Å²) in [4.78, 5) is 9.71. The summed E-state index contributed by atoms with van der Waals surface area (Å²) in [5.74, 6) is 0. The highest BCUT2D eigenvalue weighted by Gasteiger charge is 2.13. The second-order valence-corrected chi connectivity index (χ2v) is 1.51. The molecule has 0 amide bonds. The van der Waals surface area contributed by atoms with Gasteiger partial charge in [0.15, 0.2) is 11.8 Å². The zero-order valence-electron chi connectivity index (χ0n) is 4.01. The van der Waals surface area contributed by atoms with Crippen LogP contribution in [0.3, 0.4) is 0 Å². The van der Waals surface area contributed by atoms with Crippen LogP contribution in [0.1, 0.15) is 6.92 Å². The molecule has 0 rings (SSSR count). The lowest BCUT2D eigenvalue weighted by atomic mass is 10.1. The van der Waals surface area contributed by atoms with Crippen molar-refractivity contribution < 1.29 is 4.79 Å². The molecule has 0 aromatic rings. The van der Waals surface area contributed by atoms with Gasteiger partial charge in [0.2, 0.25) is 0 Å². The molecule has 0 aliphatic carbocycles. The number of nitrogens with zero attached hydrogens (tertiary/aromatic N) is 1. The monoisotopic (exact) mass is 98.0 g/mol. The van der Waals surface area contributed by atoms with Gasteiger partial charge in [-0.1, -0.05) is 0 Å². The van der Waals surface area contributed by atoms with Gasteiger partial charge in [0.05, 0.1) is 6.07 Å². The molecule has 0 aromatic heterocycles. The molecule has 0 aromatic carbocycles. The van der Waals surface area contributed by atoms with Crippen LogP contribution >= 0.6 is 0 Å². The van der Waals surface area contributed by atoms with Gasteiger partial charge in [-0.15, -0.1) is 0 Å². The van der Waals surface area contributed by atoms with Crippen molar-refractivity contribution in [1.29, 1.82) is 5.26 Å². The highest BCUT2D eigenvalue weighted by atomic mass is 16.1. The Kier molecular flexibility index (Phi) is 1.50. The van der Waals surface area contributed by atoms with E-state index in [0.717, 1.165) is 0 Å². The molecule has 0 heterocycles. The maximum Gasteiger partial charge on any atom is 0.157 e. The number of carbonyl (C=O) groups excluding carboxylic acids is 1. The minimum Gasteiger partial charge on any atom is -0.308 e. The lowest BCUT2D eigenvalue weighted by Gasteiger charge is -2.00. The Labute approximate surface area is 41.7 Å². The minimum atomic E-state index is -1.29. The van der Waals surface area contributed by atoms with Crippen LogP contribution in [0.5, 0.6) is 0 Å². The van der Waals surface area contributed by atoms with E-state index in [0.29, 0.717) is 6.29 Å². The third-order valence-electron chi connectivity index (χ3n) is 0.486. The van der Waals surface area contributed by atoms with Gasteiger partial charge in [-0.25, -0.2) is 0 Å². The smallest absolute Gasteiger partial charge is 0.157 e. The molecule has 0 fully saturated rings. The van der Waals surface area contributed by atoms with Gasteiger partial charge in [0, 0.05) is 0 Å². The summed E-state index contributed by atoms with van der Waals surface area (Å²) < 4.78 is 0. The van der Waals surface area contributed by atoms with Crippen LogP contribution in [-0.4, -0.2) is 11.8 Å². The van der Waals surface area contributed by atoms with Crippen molar-refractivity contribution in [2.24, 2.45) is 5.73 Å². The topological polar surface area (TPSA) is 66.9 Å². The van der Waals surface area contributed by atoms with Crippen LogP contribution in [0.2, 0.25) is 0 Å². The predicted molar refractivity (Wildman–Crippen MR) is 24.3 cm³/mol. The van der Waals surface area contributed by atoms with Crippen molar-refractivity contribution in [3.63, 3.8) is 0 Å². The Morgan fingerprint density at radius 1 is 2.00 bits per heavy atom. The quantitative estimate of drug-likeness (QED) is 0.446. The first-order valence-corrected chi connectivity index (χ1v) is 1.79. The standard InChI is InChI=1S/C4H6N2O/c1-4(6,2-5)3-7/h3H,6H2,1H3. The normalized spacial score (nSPS) is 16.7. The number of aldehydes is 1. The van der Waals surface area contributed by atoms with Crippen molar-refractivity contribution >= 4 is 6.29 Å². The van der Waals surface area contributed by atoms with E-state index in [1.165, 1.54) is 6.92 Å². The fourth-order valence-electron chi connectivity index (χ4n) is 0.0264. The molecule has 3 heteroatoms. The summed E-state index contributed by atoms with van der Waals surface area (Å²) in [6.45, 7) is 1.35. The predicted octanol–water partition coefficient (Wildman–Crippen LogP) is -0.574. The Morgan fingerprint density at radius 2 is 2.43 bits per heavy atom. The Balaban J connectivity index is 3.91. The van der Waals surface area contributed by atoms with Crippen molar-refractivity contribution in [2.45, 2.75) is 12.5 Å². The fraction of sp³-hybridized carbons (Fsp3) is 0.500. The van der Waals surface area contributed by atoms with Crippen LogP contribution in [0, 0.1) is 11.3 Å². The van der Waals surface area contributed by atoms with Crippen LogP contribution in [0.4, 0.5) is 0 Å². The van der Waals surface area contributed by atoms with Crippen LogP contribution in [0.25, 0.3) is 0 Å². The van der Waals surface area contributed by atoms with Gasteiger partial charge in [-0.3, -0.25) is 0 Å². The molecule has 7 heavy (non-hydrogen) atoms. The Bertz CT molecular complexity index is 111. The van der Waals surface area contributed by atoms with Gasteiger partial charge < -0.3 is 10.5 Å². The van der Waals surface area contributed by atoms with E-state index < -0.39 is 5.54 Å². The molecule has 0 saturated carbocycles. The molecule has 0 spiro atoms. The van der Waals surface area contributed by atoms with E-state index in [9.17, 15) is 4.79 Å². The average Bonchev–Trinajstić information content (AvgIpc) is 1.68. The van der Waals surface area contributed by atoms with E-state index >= 15 is 0 Å². The molecular formula is C4H6N2O. The molecule has 38 valence electrons. The lowest BCUT2D eigenvalue weighted by molar-refractivity contribution is -0.110. The molecule has 1 atom stereocenters. The molecule has 0 aliphatic rings. The molecule has 2 N–H and O–H groups in total. The summed E-state index contributed by atoms with van der Waals surface area (Å²) in [6, 6.07) is 1.60. The molecule has 0 aliphatic heterocycles.